The highest BCUT2D eigenvalue weighted by molar-refractivity contribution is 9.10. The van der Waals surface area contributed by atoms with Crippen molar-refractivity contribution in [1.29, 1.82) is 0 Å². The first kappa shape index (κ1) is 14.4. The van der Waals surface area contributed by atoms with Gasteiger partial charge < -0.3 is 9.47 Å². The number of pyridine rings is 1. The van der Waals surface area contributed by atoms with Crippen LogP contribution in [0.1, 0.15) is 5.56 Å². The summed E-state index contributed by atoms with van der Waals surface area (Å²) in [6.45, 7) is 0.313. The zero-order chi connectivity index (χ0) is 13.8. The molecule has 0 amide bonds. The van der Waals surface area contributed by atoms with E-state index in [1.807, 2.05) is 18.2 Å². The second-order valence-corrected chi connectivity index (χ2v) is 5.27. The van der Waals surface area contributed by atoms with Gasteiger partial charge in [-0.05, 0) is 46.3 Å². The average molecular weight is 363 g/mol. The topological polar surface area (TPSA) is 31.4 Å². The quantitative estimate of drug-likeness (QED) is 0.736. The van der Waals surface area contributed by atoms with Crippen molar-refractivity contribution in [2.75, 3.05) is 7.11 Å². The number of ether oxygens (including phenoxy) is 2. The molecule has 0 aliphatic rings. The van der Waals surface area contributed by atoms with Crippen molar-refractivity contribution in [2.45, 2.75) is 6.61 Å². The number of aromatic nitrogens is 1. The Morgan fingerprint density at radius 2 is 2.00 bits per heavy atom. The molecule has 0 aliphatic carbocycles. The van der Waals surface area contributed by atoms with Crippen LogP contribution in [0.2, 0.25) is 10.3 Å². The number of hydrogen-bond donors (Lipinski definition) is 0. The molecule has 0 bridgehead atoms. The van der Waals surface area contributed by atoms with Gasteiger partial charge in [0.1, 0.15) is 28.4 Å². The predicted molar refractivity (Wildman–Crippen MR) is 79.3 cm³/mol. The minimum absolute atomic E-state index is 0.313. The van der Waals surface area contributed by atoms with Crippen molar-refractivity contribution in [2.24, 2.45) is 0 Å². The molecule has 6 heteroatoms. The minimum Gasteiger partial charge on any atom is -0.497 e. The van der Waals surface area contributed by atoms with Crippen molar-refractivity contribution < 1.29 is 9.47 Å². The van der Waals surface area contributed by atoms with E-state index in [2.05, 4.69) is 20.9 Å². The Kier molecular flexibility index (Phi) is 4.91. The van der Waals surface area contributed by atoms with Crippen LogP contribution in [0.4, 0.5) is 0 Å². The second kappa shape index (κ2) is 6.46. The van der Waals surface area contributed by atoms with Gasteiger partial charge in [-0.25, -0.2) is 4.98 Å². The number of nitrogens with zero attached hydrogens (tertiary/aromatic N) is 1. The standard InChI is InChI=1S/C13H10BrCl2NO2/c1-18-9-3-4-11(10(14)6-9)19-7-8-2-5-12(15)17-13(8)16/h2-6H,7H2,1H3. The van der Waals surface area contributed by atoms with Gasteiger partial charge in [0.05, 0.1) is 11.6 Å². The molecule has 0 fully saturated rings. The molecule has 0 unspecified atom stereocenters. The first-order valence-electron chi connectivity index (χ1n) is 5.37. The summed E-state index contributed by atoms with van der Waals surface area (Å²) in [5, 5.41) is 0.705. The third-order valence-electron chi connectivity index (χ3n) is 2.41. The molecule has 100 valence electrons. The summed E-state index contributed by atoms with van der Waals surface area (Å²) >= 11 is 15.1. The highest BCUT2D eigenvalue weighted by atomic mass is 79.9. The van der Waals surface area contributed by atoms with Crippen LogP contribution in [-0.2, 0) is 6.61 Å². The second-order valence-electron chi connectivity index (χ2n) is 3.67. The fourth-order valence-corrected chi connectivity index (χ4v) is 2.30. The summed E-state index contributed by atoms with van der Waals surface area (Å²) in [7, 11) is 1.61. The van der Waals surface area contributed by atoms with E-state index in [1.165, 1.54) is 0 Å². The fourth-order valence-electron chi connectivity index (χ4n) is 1.43. The molecule has 19 heavy (non-hydrogen) atoms. The molecule has 1 aromatic heterocycles. The Bertz CT molecular complexity index is 593. The van der Waals surface area contributed by atoms with E-state index >= 15 is 0 Å². The largest absolute Gasteiger partial charge is 0.497 e. The van der Waals surface area contributed by atoms with Crippen LogP contribution < -0.4 is 9.47 Å². The molecular formula is C13H10BrCl2NO2. The molecule has 0 radical (unpaired) electrons. The van der Waals surface area contributed by atoms with Crippen molar-refractivity contribution >= 4 is 39.1 Å². The monoisotopic (exact) mass is 361 g/mol. The Hall–Kier alpha value is -0.970. The lowest BCUT2D eigenvalue weighted by Gasteiger charge is -2.10. The van der Waals surface area contributed by atoms with Gasteiger partial charge in [-0.1, -0.05) is 23.2 Å². The fraction of sp³-hybridized carbons (Fsp3) is 0.154. The summed E-state index contributed by atoms with van der Waals surface area (Å²) in [6, 6.07) is 8.93. The van der Waals surface area contributed by atoms with Crippen molar-refractivity contribution in [3.63, 3.8) is 0 Å². The van der Waals surface area contributed by atoms with Gasteiger partial charge in [0.15, 0.2) is 0 Å². The van der Waals surface area contributed by atoms with Gasteiger partial charge in [0.2, 0.25) is 0 Å². The van der Waals surface area contributed by atoms with E-state index in [4.69, 9.17) is 32.7 Å². The van der Waals surface area contributed by atoms with E-state index in [0.29, 0.717) is 22.7 Å². The molecule has 2 rings (SSSR count). The minimum atomic E-state index is 0.313. The Morgan fingerprint density at radius 1 is 1.21 bits per heavy atom. The Labute approximate surface area is 129 Å². The van der Waals surface area contributed by atoms with Crippen LogP contribution in [0.25, 0.3) is 0 Å². The van der Waals surface area contributed by atoms with Crippen molar-refractivity contribution in [3.05, 3.63) is 50.7 Å². The Morgan fingerprint density at radius 3 is 2.63 bits per heavy atom. The maximum atomic E-state index is 5.98. The summed E-state index contributed by atoms with van der Waals surface area (Å²) in [4.78, 5) is 3.95. The smallest absolute Gasteiger partial charge is 0.137 e. The highest BCUT2D eigenvalue weighted by Crippen LogP contribution is 2.30. The lowest BCUT2D eigenvalue weighted by atomic mass is 10.3. The van der Waals surface area contributed by atoms with Gasteiger partial charge in [-0.3, -0.25) is 0 Å². The van der Waals surface area contributed by atoms with Crippen LogP contribution in [0.15, 0.2) is 34.8 Å². The molecule has 0 N–H and O–H groups in total. The molecule has 0 saturated heterocycles. The van der Waals surface area contributed by atoms with E-state index in [9.17, 15) is 0 Å². The number of rotatable bonds is 4. The maximum Gasteiger partial charge on any atom is 0.137 e. The zero-order valence-corrected chi connectivity index (χ0v) is 13.1. The summed E-state index contributed by atoms with van der Waals surface area (Å²) in [6.07, 6.45) is 0. The molecule has 0 atom stereocenters. The zero-order valence-electron chi connectivity index (χ0n) is 9.99. The highest BCUT2D eigenvalue weighted by Gasteiger charge is 2.07. The van der Waals surface area contributed by atoms with Gasteiger partial charge >= 0.3 is 0 Å². The maximum absolute atomic E-state index is 5.98. The molecule has 0 aliphatic heterocycles. The molecule has 3 nitrogen and oxygen atoms in total. The molecular weight excluding hydrogens is 353 g/mol. The van der Waals surface area contributed by atoms with Crippen molar-refractivity contribution in [1.82, 2.24) is 4.98 Å². The third-order valence-corrected chi connectivity index (χ3v) is 3.57. The molecule has 2 aromatic rings. The van der Waals surface area contributed by atoms with Gasteiger partial charge in [-0.15, -0.1) is 0 Å². The molecule has 1 aromatic carbocycles. The van der Waals surface area contributed by atoms with Gasteiger partial charge in [0, 0.05) is 5.56 Å². The number of methoxy groups -OCH3 is 1. The van der Waals surface area contributed by atoms with Crippen LogP contribution in [-0.4, -0.2) is 12.1 Å². The lowest BCUT2D eigenvalue weighted by molar-refractivity contribution is 0.303. The van der Waals surface area contributed by atoms with Crippen LogP contribution in [0.5, 0.6) is 11.5 Å². The van der Waals surface area contributed by atoms with Gasteiger partial charge in [-0.2, -0.15) is 0 Å². The summed E-state index contributed by atoms with van der Waals surface area (Å²) in [5.74, 6) is 1.46. The van der Waals surface area contributed by atoms with Crippen LogP contribution in [0.3, 0.4) is 0 Å². The SMILES string of the molecule is COc1ccc(OCc2ccc(Cl)nc2Cl)c(Br)c1. The summed E-state index contributed by atoms with van der Waals surface area (Å²) < 4.78 is 11.6. The van der Waals surface area contributed by atoms with E-state index < -0.39 is 0 Å². The molecule has 1 heterocycles. The van der Waals surface area contributed by atoms with Crippen LogP contribution in [0, 0.1) is 0 Å². The normalized spacial score (nSPS) is 10.3. The molecule has 0 saturated carbocycles. The van der Waals surface area contributed by atoms with E-state index in [-0.39, 0.29) is 0 Å². The first-order valence-corrected chi connectivity index (χ1v) is 6.92. The third kappa shape index (κ3) is 3.75. The lowest BCUT2D eigenvalue weighted by Crippen LogP contribution is -1.98. The Balaban J connectivity index is 2.10. The van der Waals surface area contributed by atoms with E-state index in [1.54, 1.807) is 19.2 Å². The number of benzene rings is 1. The van der Waals surface area contributed by atoms with E-state index in [0.717, 1.165) is 15.8 Å². The van der Waals surface area contributed by atoms with Crippen LogP contribution >= 0.6 is 39.1 Å². The first-order chi connectivity index (χ1) is 9.10. The summed E-state index contributed by atoms with van der Waals surface area (Å²) in [5.41, 5.74) is 0.772. The average Bonchev–Trinajstić information content (AvgIpc) is 2.39. The van der Waals surface area contributed by atoms with Crippen molar-refractivity contribution in [3.8, 4) is 11.5 Å². The van der Waals surface area contributed by atoms with Gasteiger partial charge in [0.25, 0.3) is 0 Å². The number of hydrogen-bond acceptors (Lipinski definition) is 3. The number of halogens is 3. The molecule has 0 spiro atoms. The predicted octanol–water partition coefficient (Wildman–Crippen LogP) is 4.74.